The summed E-state index contributed by atoms with van der Waals surface area (Å²) in [5, 5.41) is 3.01. The Balaban J connectivity index is 2.28. The third kappa shape index (κ3) is 3.11. The van der Waals surface area contributed by atoms with Gasteiger partial charge in [0.05, 0.1) is 21.4 Å². The van der Waals surface area contributed by atoms with E-state index in [-0.39, 0.29) is 10.0 Å². The predicted octanol–water partition coefficient (Wildman–Crippen LogP) is 4.20. The molecule has 0 aliphatic carbocycles. The molecular weight excluding hydrogens is 335 g/mol. The van der Waals surface area contributed by atoms with E-state index in [4.69, 9.17) is 11.6 Å². The van der Waals surface area contributed by atoms with Gasteiger partial charge < -0.3 is 5.32 Å². The van der Waals surface area contributed by atoms with Gasteiger partial charge in [0.2, 0.25) is 0 Å². The maximum Gasteiger partial charge on any atom is 0.256 e. The van der Waals surface area contributed by atoms with Crippen LogP contribution in [0.15, 0.2) is 34.8 Å². The Morgan fingerprint density at radius 1 is 1.37 bits per heavy atom. The van der Waals surface area contributed by atoms with Crippen LogP contribution in [0.25, 0.3) is 0 Å². The molecule has 2 rings (SSSR count). The highest BCUT2D eigenvalue weighted by atomic mass is 79.9. The van der Waals surface area contributed by atoms with Gasteiger partial charge in [0.15, 0.2) is 0 Å². The molecule has 0 aliphatic rings. The Hall–Kier alpha value is -1.46. The van der Waals surface area contributed by atoms with Crippen molar-refractivity contribution in [1.82, 2.24) is 4.98 Å². The van der Waals surface area contributed by atoms with Crippen LogP contribution in [0, 0.1) is 12.7 Å². The van der Waals surface area contributed by atoms with Gasteiger partial charge in [-0.1, -0.05) is 17.7 Å². The molecule has 0 bridgehead atoms. The fraction of sp³-hybridized carbons (Fsp3) is 0.0769. The maximum absolute atomic E-state index is 13.4. The third-order valence-electron chi connectivity index (χ3n) is 2.50. The third-order valence-corrected chi connectivity index (χ3v) is 3.51. The Bertz CT molecular complexity index is 649. The molecule has 0 spiro atoms. The zero-order chi connectivity index (χ0) is 14.0. The van der Waals surface area contributed by atoms with Crippen molar-refractivity contribution in [3.8, 4) is 0 Å². The molecule has 1 N–H and O–H groups in total. The summed E-state index contributed by atoms with van der Waals surface area (Å²) in [6, 6.07) is 7.50. The molecule has 2 aromatic rings. The number of halogens is 3. The van der Waals surface area contributed by atoms with Gasteiger partial charge in [-0.25, -0.2) is 9.37 Å². The van der Waals surface area contributed by atoms with Gasteiger partial charge in [-0.3, -0.25) is 4.79 Å². The van der Waals surface area contributed by atoms with Crippen LogP contribution in [0.2, 0.25) is 5.15 Å². The lowest BCUT2D eigenvalue weighted by Gasteiger charge is -2.09. The number of rotatable bonds is 2. The number of carbonyl (C=O) groups excluding carboxylic acids is 1. The summed E-state index contributed by atoms with van der Waals surface area (Å²) >= 11 is 8.79. The number of pyridine rings is 1. The van der Waals surface area contributed by atoms with E-state index in [0.717, 1.165) is 0 Å². The number of aryl methyl sites for hydroxylation is 1. The number of hydrogen-bond donors (Lipinski definition) is 1. The summed E-state index contributed by atoms with van der Waals surface area (Å²) in [7, 11) is 0. The van der Waals surface area contributed by atoms with Crippen molar-refractivity contribution in [3.63, 3.8) is 0 Å². The van der Waals surface area contributed by atoms with Gasteiger partial charge in [-0.2, -0.15) is 0 Å². The molecule has 3 nitrogen and oxygen atoms in total. The molecule has 0 radical (unpaired) electrons. The average Bonchev–Trinajstić information content (AvgIpc) is 2.36. The first-order valence-electron chi connectivity index (χ1n) is 5.37. The van der Waals surface area contributed by atoms with Crippen LogP contribution >= 0.6 is 27.5 Å². The standard InChI is InChI=1S/C13H9BrClFN2O/c1-7-10(5-6-11(15)17-7)18-13(19)8-3-2-4-9(16)12(8)14/h2-6H,1H3,(H,18,19). The van der Waals surface area contributed by atoms with Crippen LogP contribution in [-0.2, 0) is 0 Å². The molecule has 0 fully saturated rings. The summed E-state index contributed by atoms with van der Waals surface area (Å²) in [6.07, 6.45) is 0. The first-order chi connectivity index (χ1) is 8.99. The van der Waals surface area contributed by atoms with Crippen LogP contribution < -0.4 is 5.32 Å². The molecule has 1 heterocycles. The van der Waals surface area contributed by atoms with E-state index in [1.807, 2.05) is 0 Å². The minimum Gasteiger partial charge on any atom is -0.320 e. The number of aromatic nitrogens is 1. The van der Waals surface area contributed by atoms with Crippen LogP contribution in [0.1, 0.15) is 16.1 Å². The van der Waals surface area contributed by atoms with Crippen LogP contribution in [0.3, 0.4) is 0 Å². The second kappa shape index (κ2) is 5.67. The van der Waals surface area contributed by atoms with Gasteiger partial charge in [-0.05, 0) is 47.1 Å². The molecule has 0 unspecified atom stereocenters. The van der Waals surface area contributed by atoms with Gasteiger partial charge in [0.25, 0.3) is 5.91 Å². The van der Waals surface area contributed by atoms with Crippen molar-refractivity contribution in [1.29, 1.82) is 0 Å². The zero-order valence-corrected chi connectivity index (χ0v) is 12.2. The van der Waals surface area contributed by atoms with E-state index >= 15 is 0 Å². The number of carbonyl (C=O) groups is 1. The van der Waals surface area contributed by atoms with Gasteiger partial charge >= 0.3 is 0 Å². The highest BCUT2D eigenvalue weighted by molar-refractivity contribution is 9.10. The summed E-state index contributed by atoms with van der Waals surface area (Å²) in [5.41, 5.74) is 1.34. The SMILES string of the molecule is Cc1nc(Cl)ccc1NC(=O)c1cccc(F)c1Br. The van der Waals surface area contributed by atoms with Crippen molar-refractivity contribution in [2.45, 2.75) is 6.92 Å². The van der Waals surface area contributed by atoms with E-state index in [0.29, 0.717) is 16.5 Å². The minimum atomic E-state index is -0.487. The molecular formula is C13H9BrClFN2O. The summed E-state index contributed by atoms with van der Waals surface area (Å²) in [5.74, 6) is -0.905. The molecule has 19 heavy (non-hydrogen) atoms. The van der Waals surface area contributed by atoms with Crippen LogP contribution in [0.4, 0.5) is 10.1 Å². The summed E-state index contributed by atoms with van der Waals surface area (Å²) in [4.78, 5) is 16.1. The monoisotopic (exact) mass is 342 g/mol. The lowest BCUT2D eigenvalue weighted by Crippen LogP contribution is -2.14. The average molecular weight is 344 g/mol. The van der Waals surface area contributed by atoms with Gasteiger partial charge in [0.1, 0.15) is 11.0 Å². The minimum absolute atomic E-state index is 0.132. The maximum atomic E-state index is 13.4. The Labute approximate surface area is 122 Å². The van der Waals surface area contributed by atoms with E-state index < -0.39 is 11.7 Å². The number of benzene rings is 1. The molecule has 6 heteroatoms. The smallest absolute Gasteiger partial charge is 0.256 e. The number of amides is 1. The molecule has 0 atom stereocenters. The number of anilines is 1. The normalized spacial score (nSPS) is 10.3. The molecule has 1 amide bonds. The molecule has 0 aliphatic heterocycles. The fourth-order valence-corrected chi connectivity index (χ4v) is 2.17. The van der Waals surface area contributed by atoms with Crippen molar-refractivity contribution in [3.05, 3.63) is 57.0 Å². The van der Waals surface area contributed by atoms with Crippen LogP contribution in [0.5, 0.6) is 0 Å². The van der Waals surface area contributed by atoms with Crippen molar-refractivity contribution < 1.29 is 9.18 Å². The quantitative estimate of drug-likeness (QED) is 0.831. The number of nitrogens with one attached hydrogen (secondary N) is 1. The van der Waals surface area contributed by atoms with Crippen molar-refractivity contribution >= 4 is 39.1 Å². The molecule has 1 aromatic heterocycles. The molecule has 0 saturated heterocycles. The van der Waals surface area contributed by atoms with E-state index in [1.54, 1.807) is 19.1 Å². The second-order valence-electron chi connectivity index (χ2n) is 3.82. The second-order valence-corrected chi connectivity index (χ2v) is 5.00. The van der Waals surface area contributed by atoms with Gasteiger partial charge in [0, 0.05) is 0 Å². The molecule has 98 valence electrons. The number of hydrogen-bond acceptors (Lipinski definition) is 2. The summed E-state index contributed by atoms with van der Waals surface area (Å²) in [6.45, 7) is 1.72. The predicted molar refractivity (Wildman–Crippen MR) is 76.0 cm³/mol. The van der Waals surface area contributed by atoms with Crippen molar-refractivity contribution in [2.24, 2.45) is 0 Å². The first kappa shape index (κ1) is 14.0. The topological polar surface area (TPSA) is 42.0 Å². The van der Waals surface area contributed by atoms with Gasteiger partial charge in [-0.15, -0.1) is 0 Å². The van der Waals surface area contributed by atoms with Crippen LogP contribution in [-0.4, -0.2) is 10.9 Å². The van der Waals surface area contributed by atoms with E-state index in [9.17, 15) is 9.18 Å². The lowest BCUT2D eigenvalue weighted by atomic mass is 10.2. The fourth-order valence-electron chi connectivity index (χ4n) is 1.53. The first-order valence-corrected chi connectivity index (χ1v) is 6.54. The highest BCUT2D eigenvalue weighted by Crippen LogP contribution is 2.22. The Kier molecular flexibility index (Phi) is 4.17. The zero-order valence-electron chi connectivity index (χ0n) is 9.88. The number of nitrogens with zero attached hydrogens (tertiary/aromatic N) is 1. The van der Waals surface area contributed by atoms with Crippen molar-refractivity contribution in [2.75, 3.05) is 5.32 Å². The highest BCUT2D eigenvalue weighted by Gasteiger charge is 2.14. The summed E-state index contributed by atoms with van der Waals surface area (Å²) < 4.78 is 13.5. The van der Waals surface area contributed by atoms with E-state index in [2.05, 4.69) is 26.2 Å². The Morgan fingerprint density at radius 3 is 2.79 bits per heavy atom. The lowest BCUT2D eigenvalue weighted by molar-refractivity contribution is 0.102. The molecule has 1 aromatic carbocycles. The Morgan fingerprint density at radius 2 is 2.11 bits per heavy atom. The molecule has 0 saturated carbocycles. The largest absolute Gasteiger partial charge is 0.320 e. The van der Waals surface area contributed by atoms with E-state index in [1.165, 1.54) is 18.2 Å².